The normalized spacial score (nSPS) is 10.1. The molecule has 2 rings (SSSR count). The minimum absolute atomic E-state index is 0.160. The van der Waals surface area contributed by atoms with E-state index in [1.54, 1.807) is 6.07 Å². The molecule has 2 aromatic rings. The summed E-state index contributed by atoms with van der Waals surface area (Å²) in [6.07, 6.45) is 0. The Morgan fingerprint density at radius 3 is 2.81 bits per heavy atom. The average molecular weight is 237 g/mol. The maximum atomic E-state index is 11.6. The molecule has 0 bridgehead atoms. The molecule has 0 saturated heterocycles. The predicted molar refractivity (Wildman–Crippen MR) is 60.6 cm³/mol. The summed E-state index contributed by atoms with van der Waals surface area (Å²) in [7, 11) is 0. The standard InChI is InChI=1S/C11H9ClN2O2/c1-7-3-2-4-10(13-7)14-11(15)8-5-6-9(12)16-8/h2-6H,1H3,(H,13,14,15). The average Bonchev–Trinajstić information content (AvgIpc) is 2.65. The van der Waals surface area contributed by atoms with Gasteiger partial charge in [-0.3, -0.25) is 4.79 Å². The number of aryl methyl sites for hydroxylation is 1. The number of pyridine rings is 1. The third kappa shape index (κ3) is 2.41. The number of hydrogen-bond acceptors (Lipinski definition) is 3. The highest BCUT2D eigenvalue weighted by Gasteiger charge is 2.10. The van der Waals surface area contributed by atoms with Crippen molar-refractivity contribution in [2.75, 3.05) is 5.32 Å². The molecular weight excluding hydrogens is 228 g/mol. The van der Waals surface area contributed by atoms with Gasteiger partial charge in [-0.1, -0.05) is 6.07 Å². The number of anilines is 1. The summed E-state index contributed by atoms with van der Waals surface area (Å²) in [4.78, 5) is 15.8. The summed E-state index contributed by atoms with van der Waals surface area (Å²) in [5.74, 6) is 0.274. The van der Waals surface area contributed by atoms with E-state index >= 15 is 0 Å². The van der Waals surface area contributed by atoms with Gasteiger partial charge in [0.25, 0.3) is 5.91 Å². The van der Waals surface area contributed by atoms with E-state index in [9.17, 15) is 4.79 Å². The summed E-state index contributed by atoms with van der Waals surface area (Å²) in [6, 6.07) is 8.38. The van der Waals surface area contributed by atoms with Gasteiger partial charge >= 0.3 is 0 Å². The number of rotatable bonds is 2. The Kier molecular flexibility index (Phi) is 2.92. The number of furan rings is 1. The molecule has 0 aliphatic heterocycles. The van der Waals surface area contributed by atoms with Gasteiger partial charge in [0.1, 0.15) is 5.82 Å². The van der Waals surface area contributed by atoms with Gasteiger partial charge in [0, 0.05) is 5.69 Å². The van der Waals surface area contributed by atoms with Crippen LogP contribution >= 0.6 is 11.6 Å². The molecule has 1 N–H and O–H groups in total. The van der Waals surface area contributed by atoms with Crippen LogP contribution in [0.2, 0.25) is 5.22 Å². The Labute approximate surface area is 97.2 Å². The summed E-state index contributed by atoms with van der Waals surface area (Å²) < 4.78 is 4.97. The Morgan fingerprint density at radius 1 is 1.38 bits per heavy atom. The van der Waals surface area contributed by atoms with Gasteiger partial charge in [0.2, 0.25) is 0 Å². The Bertz CT molecular complexity index is 522. The van der Waals surface area contributed by atoms with Crippen molar-refractivity contribution in [3.63, 3.8) is 0 Å². The van der Waals surface area contributed by atoms with Crippen LogP contribution < -0.4 is 5.32 Å². The smallest absolute Gasteiger partial charge is 0.292 e. The molecule has 82 valence electrons. The summed E-state index contributed by atoms with van der Waals surface area (Å²) in [5.41, 5.74) is 0.829. The highest BCUT2D eigenvalue weighted by Crippen LogP contribution is 2.14. The van der Waals surface area contributed by atoms with Crippen LogP contribution in [0.1, 0.15) is 16.2 Å². The number of carbonyl (C=O) groups excluding carboxylic acids is 1. The van der Waals surface area contributed by atoms with Gasteiger partial charge < -0.3 is 9.73 Å². The highest BCUT2D eigenvalue weighted by molar-refractivity contribution is 6.29. The van der Waals surface area contributed by atoms with Gasteiger partial charge in [0.05, 0.1) is 0 Å². The lowest BCUT2D eigenvalue weighted by atomic mass is 10.3. The molecular formula is C11H9ClN2O2. The number of carbonyl (C=O) groups is 1. The van der Waals surface area contributed by atoms with Crippen molar-refractivity contribution in [1.82, 2.24) is 4.98 Å². The second-order valence-corrected chi connectivity index (χ2v) is 3.59. The first-order chi connectivity index (χ1) is 7.65. The third-order valence-corrected chi connectivity index (χ3v) is 2.13. The van der Waals surface area contributed by atoms with E-state index in [4.69, 9.17) is 16.0 Å². The van der Waals surface area contributed by atoms with Crippen LogP contribution in [0.4, 0.5) is 5.82 Å². The first-order valence-corrected chi connectivity index (χ1v) is 5.03. The van der Waals surface area contributed by atoms with E-state index in [2.05, 4.69) is 10.3 Å². The van der Waals surface area contributed by atoms with E-state index in [0.717, 1.165) is 5.69 Å². The zero-order valence-electron chi connectivity index (χ0n) is 8.53. The first kappa shape index (κ1) is 10.7. The molecule has 4 nitrogen and oxygen atoms in total. The molecule has 16 heavy (non-hydrogen) atoms. The number of amides is 1. The van der Waals surface area contributed by atoms with Crippen molar-refractivity contribution in [3.05, 3.63) is 47.0 Å². The fourth-order valence-corrected chi connectivity index (χ4v) is 1.37. The maximum Gasteiger partial charge on any atom is 0.292 e. The van der Waals surface area contributed by atoms with Crippen LogP contribution in [0.25, 0.3) is 0 Å². The lowest BCUT2D eigenvalue weighted by Gasteiger charge is -2.02. The first-order valence-electron chi connectivity index (χ1n) is 4.65. The fourth-order valence-electron chi connectivity index (χ4n) is 1.23. The van der Waals surface area contributed by atoms with Crippen LogP contribution in [-0.2, 0) is 0 Å². The van der Waals surface area contributed by atoms with Crippen molar-refractivity contribution < 1.29 is 9.21 Å². The molecule has 0 aliphatic rings. The Hall–Kier alpha value is -1.81. The van der Waals surface area contributed by atoms with Gasteiger partial charge in [-0.25, -0.2) is 4.98 Å². The van der Waals surface area contributed by atoms with E-state index in [1.807, 2.05) is 19.1 Å². The highest BCUT2D eigenvalue weighted by atomic mass is 35.5. The van der Waals surface area contributed by atoms with Crippen molar-refractivity contribution in [2.24, 2.45) is 0 Å². The number of hydrogen-bond donors (Lipinski definition) is 1. The molecule has 0 unspecified atom stereocenters. The predicted octanol–water partition coefficient (Wildman–Crippen LogP) is 2.89. The molecule has 5 heteroatoms. The molecule has 2 aromatic heterocycles. The molecule has 0 atom stereocenters. The van der Waals surface area contributed by atoms with Gasteiger partial charge in [-0.2, -0.15) is 0 Å². The van der Waals surface area contributed by atoms with Crippen LogP contribution in [0.3, 0.4) is 0 Å². The largest absolute Gasteiger partial charge is 0.440 e. The van der Waals surface area contributed by atoms with Crippen molar-refractivity contribution >= 4 is 23.3 Å². The topological polar surface area (TPSA) is 55.1 Å². The van der Waals surface area contributed by atoms with Gasteiger partial charge in [-0.15, -0.1) is 0 Å². The second-order valence-electron chi connectivity index (χ2n) is 3.22. The Balaban J connectivity index is 2.13. The summed E-state index contributed by atoms with van der Waals surface area (Å²) >= 11 is 5.57. The van der Waals surface area contributed by atoms with E-state index in [-0.39, 0.29) is 16.9 Å². The molecule has 0 aliphatic carbocycles. The molecule has 0 aromatic carbocycles. The molecule has 0 fully saturated rings. The number of nitrogens with zero attached hydrogens (tertiary/aromatic N) is 1. The van der Waals surface area contributed by atoms with Crippen molar-refractivity contribution in [3.8, 4) is 0 Å². The van der Waals surface area contributed by atoms with Crippen LogP contribution in [0.5, 0.6) is 0 Å². The van der Waals surface area contributed by atoms with Crippen LogP contribution in [-0.4, -0.2) is 10.9 Å². The van der Waals surface area contributed by atoms with Crippen LogP contribution in [0, 0.1) is 6.92 Å². The number of nitrogens with one attached hydrogen (secondary N) is 1. The second kappa shape index (κ2) is 4.37. The minimum Gasteiger partial charge on any atom is -0.440 e. The lowest BCUT2D eigenvalue weighted by molar-refractivity contribution is 0.0996. The van der Waals surface area contributed by atoms with E-state index in [1.165, 1.54) is 12.1 Å². The van der Waals surface area contributed by atoms with E-state index < -0.39 is 0 Å². The quantitative estimate of drug-likeness (QED) is 0.872. The fraction of sp³-hybridized carbons (Fsp3) is 0.0909. The summed E-state index contributed by atoms with van der Waals surface area (Å²) in [6.45, 7) is 1.85. The van der Waals surface area contributed by atoms with Crippen molar-refractivity contribution in [1.29, 1.82) is 0 Å². The third-order valence-electron chi connectivity index (χ3n) is 1.93. The Morgan fingerprint density at radius 2 is 2.19 bits per heavy atom. The van der Waals surface area contributed by atoms with Gasteiger partial charge in [0.15, 0.2) is 11.0 Å². The SMILES string of the molecule is Cc1cccc(NC(=O)c2ccc(Cl)o2)n1. The van der Waals surface area contributed by atoms with Crippen molar-refractivity contribution in [2.45, 2.75) is 6.92 Å². The zero-order valence-corrected chi connectivity index (χ0v) is 9.28. The van der Waals surface area contributed by atoms with Crippen LogP contribution in [0.15, 0.2) is 34.7 Å². The monoisotopic (exact) mass is 236 g/mol. The molecule has 0 saturated carbocycles. The summed E-state index contributed by atoms with van der Waals surface area (Å²) in [5, 5.41) is 2.79. The molecule has 0 radical (unpaired) electrons. The number of aromatic nitrogens is 1. The molecule has 2 heterocycles. The van der Waals surface area contributed by atoms with E-state index in [0.29, 0.717) is 5.82 Å². The number of halogens is 1. The maximum absolute atomic E-state index is 11.6. The minimum atomic E-state index is -0.370. The zero-order chi connectivity index (χ0) is 11.5. The lowest BCUT2D eigenvalue weighted by Crippen LogP contribution is -2.12. The molecule has 0 spiro atoms. The van der Waals surface area contributed by atoms with Gasteiger partial charge in [-0.05, 0) is 42.8 Å². The molecule has 1 amide bonds.